The third kappa shape index (κ3) is 3.30. The molecular weight excluding hydrogens is 373 g/mol. The molecule has 9 heteroatoms. The van der Waals surface area contributed by atoms with E-state index in [1.54, 1.807) is 4.72 Å². The van der Waals surface area contributed by atoms with Gasteiger partial charge in [0.05, 0.1) is 11.4 Å². The van der Waals surface area contributed by atoms with Crippen molar-refractivity contribution in [3.8, 4) is 0 Å². The van der Waals surface area contributed by atoms with E-state index in [4.69, 9.17) is 5.73 Å². The van der Waals surface area contributed by atoms with E-state index < -0.39 is 33.2 Å². The molecule has 0 aliphatic rings. The van der Waals surface area contributed by atoms with Crippen molar-refractivity contribution in [2.24, 2.45) is 0 Å². The van der Waals surface area contributed by atoms with Crippen LogP contribution in [0.25, 0.3) is 0 Å². The molecule has 0 unspecified atom stereocenters. The number of benzene rings is 2. The zero-order valence-corrected chi connectivity index (χ0v) is 12.6. The Balaban J connectivity index is 2.50. The van der Waals surface area contributed by atoms with Crippen LogP contribution in [-0.2, 0) is 10.0 Å². The molecule has 0 heterocycles. The van der Waals surface area contributed by atoms with Crippen molar-refractivity contribution in [3.05, 3.63) is 52.3 Å². The second kappa shape index (κ2) is 5.57. The van der Waals surface area contributed by atoms with E-state index in [2.05, 4.69) is 15.9 Å². The highest BCUT2D eigenvalue weighted by atomic mass is 79.9. The Morgan fingerprint density at radius 1 is 1.10 bits per heavy atom. The molecule has 0 fully saturated rings. The summed E-state index contributed by atoms with van der Waals surface area (Å²) >= 11 is 3.07. The Morgan fingerprint density at radius 3 is 2.43 bits per heavy atom. The van der Waals surface area contributed by atoms with E-state index in [9.17, 15) is 21.6 Å². The first-order chi connectivity index (χ1) is 9.70. The van der Waals surface area contributed by atoms with Crippen molar-refractivity contribution in [1.29, 1.82) is 0 Å². The molecular formula is C12H8BrF3N2O2S. The molecule has 0 aliphatic heterocycles. The van der Waals surface area contributed by atoms with Crippen LogP contribution in [0.2, 0.25) is 0 Å². The summed E-state index contributed by atoms with van der Waals surface area (Å²) in [5.41, 5.74) is 4.61. The molecule has 0 bridgehead atoms. The predicted octanol–water partition coefficient (Wildman–Crippen LogP) is 3.25. The standard InChI is InChI=1S/C12H8BrF3N2O2S/c13-6-1-2-9(17)11(3-6)21(19,20)18-10-5-7(14)4-8(15)12(10)16/h1-5,18H,17H2. The minimum Gasteiger partial charge on any atom is -0.398 e. The Morgan fingerprint density at radius 2 is 1.76 bits per heavy atom. The van der Waals surface area contributed by atoms with Gasteiger partial charge in [0.2, 0.25) is 0 Å². The number of hydrogen-bond donors (Lipinski definition) is 2. The van der Waals surface area contributed by atoms with E-state index in [0.717, 1.165) is 0 Å². The highest BCUT2D eigenvalue weighted by Crippen LogP contribution is 2.27. The van der Waals surface area contributed by atoms with E-state index in [1.165, 1.54) is 18.2 Å². The fraction of sp³-hybridized carbons (Fsp3) is 0. The summed E-state index contributed by atoms with van der Waals surface area (Å²) in [6.07, 6.45) is 0. The molecule has 0 spiro atoms. The fourth-order valence-electron chi connectivity index (χ4n) is 1.57. The van der Waals surface area contributed by atoms with Gasteiger partial charge in [0, 0.05) is 16.6 Å². The maximum atomic E-state index is 13.5. The molecule has 2 aromatic carbocycles. The first kappa shape index (κ1) is 15.6. The zero-order valence-electron chi connectivity index (χ0n) is 10.2. The van der Waals surface area contributed by atoms with Crippen LogP contribution in [0.4, 0.5) is 24.5 Å². The van der Waals surface area contributed by atoms with Crippen LogP contribution >= 0.6 is 15.9 Å². The lowest BCUT2D eigenvalue weighted by Gasteiger charge is -2.11. The highest BCUT2D eigenvalue weighted by molar-refractivity contribution is 9.10. The number of nitrogens with one attached hydrogen (secondary N) is 1. The van der Waals surface area contributed by atoms with Crippen LogP contribution in [0.1, 0.15) is 0 Å². The Hall–Kier alpha value is -1.74. The molecule has 2 aromatic rings. The summed E-state index contributed by atoms with van der Waals surface area (Å²) in [6.45, 7) is 0. The Bertz CT molecular complexity index is 812. The number of nitrogens with two attached hydrogens (primary N) is 1. The van der Waals surface area contributed by atoms with Crippen molar-refractivity contribution >= 4 is 37.3 Å². The van der Waals surface area contributed by atoms with Crippen LogP contribution in [0.5, 0.6) is 0 Å². The second-order valence-electron chi connectivity index (χ2n) is 4.04. The van der Waals surface area contributed by atoms with Gasteiger partial charge in [0.25, 0.3) is 10.0 Å². The molecule has 3 N–H and O–H groups in total. The van der Waals surface area contributed by atoms with Crippen molar-refractivity contribution in [1.82, 2.24) is 0 Å². The Kier molecular flexibility index (Phi) is 4.15. The molecule has 0 saturated heterocycles. The van der Waals surface area contributed by atoms with Crippen LogP contribution in [0, 0.1) is 17.5 Å². The average molecular weight is 381 g/mol. The van der Waals surface area contributed by atoms with E-state index in [0.29, 0.717) is 16.6 Å². The first-order valence-corrected chi connectivity index (χ1v) is 7.71. The molecule has 2 rings (SSSR count). The topological polar surface area (TPSA) is 72.2 Å². The maximum absolute atomic E-state index is 13.5. The van der Waals surface area contributed by atoms with Crippen molar-refractivity contribution < 1.29 is 21.6 Å². The molecule has 0 aliphatic carbocycles. The van der Waals surface area contributed by atoms with Crippen LogP contribution in [-0.4, -0.2) is 8.42 Å². The van der Waals surface area contributed by atoms with E-state index in [1.807, 2.05) is 0 Å². The maximum Gasteiger partial charge on any atom is 0.264 e. The normalized spacial score (nSPS) is 11.4. The first-order valence-electron chi connectivity index (χ1n) is 5.43. The van der Waals surface area contributed by atoms with Crippen LogP contribution < -0.4 is 10.5 Å². The summed E-state index contributed by atoms with van der Waals surface area (Å²) < 4.78 is 66.1. The largest absolute Gasteiger partial charge is 0.398 e. The molecule has 21 heavy (non-hydrogen) atoms. The molecule has 112 valence electrons. The Labute approximate surface area is 127 Å². The van der Waals surface area contributed by atoms with Gasteiger partial charge in [-0.05, 0) is 18.2 Å². The SMILES string of the molecule is Nc1ccc(Br)cc1S(=O)(=O)Nc1cc(F)cc(F)c1F. The van der Waals surface area contributed by atoms with E-state index in [-0.39, 0.29) is 10.6 Å². The third-order valence-electron chi connectivity index (χ3n) is 2.50. The fourth-order valence-corrected chi connectivity index (χ4v) is 3.29. The smallest absolute Gasteiger partial charge is 0.264 e. The highest BCUT2D eigenvalue weighted by Gasteiger charge is 2.21. The van der Waals surface area contributed by atoms with Gasteiger partial charge in [-0.15, -0.1) is 0 Å². The molecule has 0 radical (unpaired) electrons. The lowest BCUT2D eigenvalue weighted by molar-refractivity contribution is 0.498. The van der Waals surface area contributed by atoms with Crippen molar-refractivity contribution in [2.45, 2.75) is 4.90 Å². The van der Waals surface area contributed by atoms with Gasteiger partial charge in [0.1, 0.15) is 10.7 Å². The molecule has 0 aromatic heterocycles. The number of anilines is 2. The van der Waals surface area contributed by atoms with Crippen molar-refractivity contribution in [2.75, 3.05) is 10.5 Å². The van der Waals surface area contributed by atoms with Crippen LogP contribution in [0.15, 0.2) is 39.7 Å². The van der Waals surface area contributed by atoms with Crippen LogP contribution in [0.3, 0.4) is 0 Å². The molecule has 0 atom stereocenters. The summed E-state index contributed by atoms with van der Waals surface area (Å²) in [7, 11) is -4.30. The summed E-state index contributed by atoms with van der Waals surface area (Å²) in [5.74, 6) is -4.13. The predicted molar refractivity (Wildman–Crippen MR) is 75.7 cm³/mol. The summed E-state index contributed by atoms with van der Waals surface area (Å²) in [6, 6.07) is 4.86. The van der Waals surface area contributed by atoms with Gasteiger partial charge in [-0.3, -0.25) is 4.72 Å². The number of sulfonamides is 1. The minimum atomic E-state index is -4.30. The molecule has 0 saturated carbocycles. The third-order valence-corrected chi connectivity index (χ3v) is 4.42. The van der Waals surface area contributed by atoms with Gasteiger partial charge in [0.15, 0.2) is 11.6 Å². The lowest BCUT2D eigenvalue weighted by atomic mass is 10.3. The summed E-state index contributed by atoms with van der Waals surface area (Å²) in [5, 5.41) is 0. The number of nitrogen functional groups attached to an aromatic ring is 1. The van der Waals surface area contributed by atoms with Gasteiger partial charge in [-0.1, -0.05) is 15.9 Å². The van der Waals surface area contributed by atoms with E-state index >= 15 is 0 Å². The van der Waals surface area contributed by atoms with Gasteiger partial charge >= 0.3 is 0 Å². The number of halogens is 4. The van der Waals surface area contributed by atoms with Crippen molar-refractivity contribution in [3.63, 3.8) is 0 Å². The summed E-state index contributed by atoms with van der Waals surface area (Å²) in [4.78, 5) is -0.346. The van der Waals surface area contributed by atoms with Gasteiger partial charge < -0.3 is 5.73 Å². The van der Waals surface area contributed by atoms with Gasteiger partial charge in [-0.2, -0.15) is 0 Å². The quantitative estimate of drug-likeness (QED) is 0.634. The lowest BCUT2D eigenvalue weighted by Crippen LogP contribution is -2.16. The average Bonchev–Trinajstić information content (AvgIpc) is 2.37. The molecule has 0 amide bonds. The minimum absolute atomic E-state index is 0.0945. The second-order valence-corrected chi connectivity index (χ2v) is 6.60. The monoisotopic (exact) mass is 380 g/mol. The molecule has 4 nitrogen and oxygen atoms in total. The van der Waals surface area contributed by atoms with Gasteiger partial charge in [-0.25, -0.2) is 21.6 Å². The zero-order chi connectivity index (χ0) is 15.8. The number of hydrogen-bond acceptors (Lipinski definition) is 3. The number of rotatable bonds is 3.